The predicted octanol–water partition coefficient (Wildman–Crippen LogP) is 4.94. The van der Waals surface area contributed by atoms with Crippen molar-refractivity contribution < 1.29 is 23.7 Å². The number of benzene rings is 3. The second-order valence-electron chi connectivity index (χ2n) is 6.74. The third-order valence-electron chi connectivity index (χ3n) is 4.68. The van der Waals surface area contributed by atoms with E-state index in [1.54, 1.807) is 31.4 Å². The highest BCUT2D eigenvalue weighted by Gasteiger charge is 2.13. The molecule has 0 radical (unpaired) electrons. The predicted molar refractivity (Wildman–Crippen MR) is 115 cm³/mol. The van der Waals surface area contributed by atoms with Crippen LogP contribution in [-0.2, 0) is 6.61 Å². The first-order valence-corrected chi connectivity index (χ1v) is 9.70. The third-order valence-corrected chi connectivity index (χ3v) is 4.68. The van der Waals surface area contributed by atoms with Gasteiger partial charge in [0, 0.05) is 6.07 Å². The van der Waals surface area contributed by atoms with Crippen molar-refractivity contribution in [1.29, 1.82) is 0 Å². The van der Waals surface area contributed by atoms with Crippen LogP contribution in [0.25, 0.3) is 6.08 Å². The van der Waals surface area contributed by atoms with Gasteiger partial charge in [-0.2, -0.15) is 0 Å². The second-order valence-corrected chi connectivity index (χ2v) is 6.74. The summed E-state index contributed by atoms with van der Waals surface area (Å²) in [5.41, 5.74) is 2.35. The van der Waals surface area contributed by atoms with Gasteiger partial charge < -0.3 is 18.9 Å². The molecule has 0 aliphatic carbocycles. The van der Waals surface area contributed by atoms with Crippen molar-refractivity contribution in [3.63, 3.8) is 0 Å². The van der Waals surface area contributed by atoms with Crippen molar-refractivity contribution in [2.75, 3.05) is 20.3 Å². The Hall–Kier alpha value is -3.73. The molecule has 152 valence electrons. The molecular formula is C25H22O5. The van der Waals surface area contributed by atoms with Gasteiger partial charge in [0.15, 0.2) is 17.3 Å². The van der Waals surface area contributed by atoms with E-state index in [2.05, 4.69) is 0 Å². The molecule has 30 heavy (non-hydrogen) atoms. The van der Waals surface area contributed by atoms with E-state index in [-0.39, 0.29) is 5.78 Å². The van der Waals surface area contributed by atoms with E-state index in [0.717, 1.165) is 16.9 Å². The minimum Gasteiger partial charge on any atom is -0.497 e. The van der Waals surface area contributed by atoms with E-state index in [1.807, 2.05) is 48.5 Å². The summed E-state index contributed by atoms with van der Waals surface area (Å²) >= 11 is 0. The fourth-order valence-corrected chi connectivity index (χ4v) is 3.11. The van der Waals surface area contributed by atoms with Crippen molar-refractivity contribution in [2.24, 2.45) is 0 Å². The summed E-state index contributed by atoms with van der Waals surface area (Å²) in [4.78, 5) is 12.9. The zero-order valence-electron chi connectivity index (χ0n) is 16.7. The van der Waals surface area contributed by atoms with Gasteiger partial charge in [-0.1, -0.05) is 42.5 Å². The zero-order chi connectivity index (χ0) is 20.8. The van der Waals surface area contributed by atoms with E-state index in [9.17, 15) is 4.79 Å². The number of methoxy groups -OCH3 is 1. The molecule has 0 amide bonds. The maximum Gasteiger partial charge on any atom is 0.189 e. The molecule has 0 spiro atoms. The topological polar surface area (TPSA) is 54.0 Å². The van der Waals surface area contributed by atoms with E-state index < -0.39 is 0 Å². The molecule has 0 fully saturated rings. The van der Waals surface area contributed by atoms with Gasteiger partial charge in [-0.05, 0) is 41.5 Å². The van der Waals surface area contributed by atoms with Crippen LogP contribution >= 0.6 is 0 Å². The monoisotopic (exact) mass is 402 g/mol. The number of fused-ring (bicyclic) bond motifs is 1. The highest BCUT2D eigenvalue weighted by atomic mass is 16.6. The molecule has 0 N–H and O–H groups in total. The fraction of sp³-hybridized carbons (Fsp3) is 0.160. The molecule has 1 aliphatic rings. The van der Waals surface area contributed by atoms with Crippen LogP contribution in [0.1, 0.15) is 21.5 Å². The minimum absolute atomic E-state index is 0.157. The Morgan fingerprint density at radius 1 is 0.967 bits per heavy atom. The number of ether oxygens (including phenoxy) is 4. The molecular weight excluding hydrogens is 380 g/mol. The van der Waals surface area contributed by atoms with Gasteiger partial charge in [-0.25, -0.2) is 0 Å². The summed E-state index contributed by atoms with van der Waals surface area (Å²) in [7, 11) is 1.58. The largest absolute Gasteiger partial charge is 0.497 e. The van der Waals surface area contributed by atoms with E-state index in [0.29, 0.717) is 42.6 Å². The summed E-state index contributed by atoms with van der Waals surface area (Å²) in [5, 5.41) is 0. The van der Waals surface area contributed by atoms with E-state index in [4.69, 9.17) is 18.9 Å². The molecule has 0 bridgehead atoms. The molecule has 3 aromatic rings. The first-order chi connectivity index (χ1) is 14.7. The summed E-state index contributed by atoms with van der Waals surface area (Å²) in [6.07, 6.45) is 3.29. The standard InChI is InChI=1S/C25H22O5/c1-27-20-9-10-21(24(16-20)30-17-19-5-3-2-4-6-19)22(26)11-7-18-8-12-23-25(15-18)29-14-13-28-23/h2-12,15-16H,13-14,17H2,1H3/b11-7+. The van der Waals surface area contributed by atoms with Crippen molar-refractivity contribution in [2.45, 2.75) is 6.61 Å². The quantitative estimate of drug-likeness (QED) is 0.414. The minimum atomic E-state index is -0.157. The van der Waals surface area contributed by atoms with Crippen molar-refractivity contribution in [3.8, 4) is 23.0 Å². The maximum atomic E-state index is 12.9. The molecule has 1 heterocycles. The van der Waals surface area contributed by atoms with Gasteiger partial charge in [-0.15, -0.1) is 0 Å². The van der Waals surface area contributed by atoms with Crippen LogP contribution in [0.4, 0.5) is 0 Å². The van der Waals surface area contributed by atoms with Gasteiger partial charge in [-0.3, -0.25) is 4.79 Å². The third kappa shape index (κ3) is 4.63. The van der Waals surface area contributed by atoms with E-state index in [1.165, 1.54) is 6.08 Å². The van der Waals surface area contributed by atoms with Gasteiger partial charge in [0.25, 0.3) is 0 Å². The lowest BCUT2D eigenvalue weighted by atomic mass is 10.1. The molecule has 0 aromatic heterocycles. The lowest BCUT2D eigenvalue weighted by Crippen LogP contribution is -2.15. The lowest BCUT2D eigenvalue weighted by molar-refractivity contribution is 0.104. The SMILES string of the molecule is COc1ccc(C(=O)/C=C/c2ccc3c(c2)OCCO3)c(OCc2ccccc2)c1. The Kier molecular flexibility index (Phi) is 5.99. The molecule has 4 rings (SSSR count). The molecule has 0 atom stereocenters. The highest BCUT2D eigenvalue weighted by molar-refractivity contribution is 6.08. The van der Waals surface area contributed by atoms with Gasteiger partial charge in [0.2, 0.25) is 0 Å². The zero-order valence-corrected chi connectivity index (χ0v) is 16.7. The first-order valence-electron chi connectivity index (χ1n) is 9.70. The molecule has 5 heteroatoms. The Morgan fingerprint density at radius 3 is 2.57 bits per heavy atom. The molecule has 0 unspecified atom stereocenters. The number of allylic oxidation sites excluding steroid dienone is 1. The van der Waals surface area contributed by atoms with Gasteiger partial charge in [0.05, 0.1) is 12.7 Å². The highest BCUT2D eigenvalue weighted by Crippen LogP contribution is 2.31. The molecule has 0 saturated carbocycles. The molecule has 1 aliphatic heterocycles. The Bertz CT molecular complexity index is 1060. The number of ketones is 1. The Balaban J connectivity index is 1.53. The number of hydrogen-bond donors (Lipinski definition) is 0. The van der Waals surface area contributed by atoms with Crippen LogP contribution in [0, 0.1) is 0 Å². The van der Waals surface area contributed by atoms with Crippen LogP contribution in [0.2, 0.25) is 0 Å². The van der Waals surface area contributed by atoms with Crippen LogP contribution in [0.15, 0.2) is 72.8 Å². The Labute approximate surface area is 175 Å². The van der Waals surface area contributed by atoms with Gasteiger partial charge in [0.1, 0.15) is 31.3 Å². The molecule has 5 nitrogen and oxygen atoms in total. The molecule has 3 aromatic carbocycles. The summed E-state index contributed by atoms with van der Waals surface area (Å²) in [5.74, 6) is 2.36. The van der Waals surface area contributed by atoms with Crippen molar-refractivity contribution in [1.82, 2.24) is 0 Å². The van der Waals surface area contributed by atoms with Crippen molar-refractivity contribution in [3.05, 3.63) is 89.5 Å². The summed E-state index contributed by atoms with van der Waals surface area (Å²) < 4.78 is 22.4. The Morgan fingerprint density at radius 2 is 1.77 bits per heavy atom. The first kappa shape index (κ1) is 19.6. The smallest absolute Gasteiger partial charge is 0.189 e. The normalized spacial score (nSPS) is 12.6. The molecule has 0 saturated heterocycles. The number of carbonyl (C=O) groups is 1. The second kappa shape index (κ2) is 9.18. The fourth-order valence-electron chi connectivity index (χ4n) is 3.11. The van der Waals surface area contributed by atoms with Crippen LogP contribution in [-0.4, -0.2) is 26.1 Å². The summed E-state index contributed by atoms with van der Waals surface area (Å²) in [6.45, 7) is 1.43. The number of carbonyl (C=O) groups excluding carboxylic acids is 1. The van der Waals surface area contributed by atoms with E-state index >= 15 is 0 Å². The maximum absolute atomic E-state index is 12.9. The van der Waals surface area contributed by atoms with Gasteiger partial charge >= 0.3 is 0 Å². The lowest BCUT2D eigenvalue weighted by Gasteiger charge is -2.18. The van der Waals surface area contributed by atoms with Crippen molar-refractivity contribution >= 4 is 11.9 Å². The number of rotatable bonds is 7. The van der Waals surface area contributed by atoms with Crippen LogP contribution < -0.4 is 18.9 Å². The van der Waals surface area contributed by atoms with Crippen LogP contribution in [0.3, 0.4) is 0 Å². The average Bonchev–Trinajstić information content (AvgIpc) is 2.81. The average molecular weight is 402 g/mol. The summed E-state index contributed by atoms with van der Waals surface area (Å²) in [6, 6.07) is 20.6. The van der Waals surface area contributed by atoms with Crippen LogP contribution in [0.5, 0.6) is 23.0 Å². The number of hydrogen-bond acceptors (Lipinski definition) is 5.